The van der Waals surface area contributed by atoms with Crippen molar-refractivity contribution in [3.8, 4) is 0 Å². The van der Waals surface area contributed by atoms with Crippen molar-refractivity contribution >= 4 is 5.84 Å². The minimum Gasteiger partial charge on any atom is -0.388 e. The molecule has 6 nitrogen and oxygen atoms in total. The Labute approximate surface area is 111 Å². The summed E-state index contributed by atoms with van der Waals surface area (Å²) in [5.41, 5.74) is 6.31. The molecule has 0 bridgehead atoms. The molecule has 0 spiro atoms. The molecule has 1 aliphatic rings. The zero-order valence-electron chi connectivity index (χ0n) is 10.3. The zero-order chi connectivity index (χ0) is 14.0. The van der Waals surface area contributed by atoms with Gasteiger partial charge in [0.1, 0.15) is 24.1 Å². The fourth-order valence-electron chi connectivity index (χ4n) is 2.33. The minimum atomic E-state index is -1.30. The van der Waals surface area contributed by atoms with Crippen LogP contribution in [0.4, 0.5) is 0 Å². The molecule has 0 aromatic heterocycles. The van der Waals surface area contributed by atoms with E-state index in [2.05, 4.69) is 0 Å². The third-order valence-corrected chi connectivity index (χ3v) is 3.36. The summed E-state index contributed by atoms with van der Waals surface area (Å²) >= 11 is 0. The van der Waals surface area contributed by atoms with Gasteiger partial charge in [-0.3, -0.25) is 5.41 Å². The number of nitrogens with two attached hydrogens (primary N) is 1. The second kappa shape index (κ2) is 5.66. The normalized spacial score (nSPS) is 32.8. The Morgan fingerprint density at radius 3 is 2.42 bits per heavy atom. The molecule has 19 heavy (non-hydrogen) atoms. The summed E-state index contributed by atoms with van der Waals surface area (Å²) in [4.78, 5) is 0. The van der Waals surface area contributed by atoms with Crippen molar-refractivity contribution in [1.82, 2.24) is 0 Å². The van der Waals surface area contributed by atoms with Gasteiger partial charge >= 0.3 is 0 Å². The SMILES string of the molecule is N=C(N)C(c1ccccc1)[C@@H]1OC[C@@H](O)[C@H](O)[C@H]1O. The van der Waals surface area contributed by atoms with E-state index in [1.807, 2.05) is 6.07 Å². The Hall–Kier alpha value is -1.47. The van der Waals surface area contributed by atoms with Gasteiger partial charge < -0.3 is 25.8 Å². The molecule has 1 aliphatic heterocycles. The Morgan fingerprint density at radius 2 is 1.84 bits per heavy atom. The second-order valence-electron chi connectivity index (χ2n) is 4.69. The number of aliphatic hydroxyl groups is 3. The molecule has 1 saturated heterocycles. The minimum absolute atomic E-state index is 0.0977. The van der Waals surface area contributed by atoms with E-state index in [1.165, 1.54) is 0 Å². The number of amidine groups is 1. The Morgan fingerprint density at radius 1 is 1.21 bits per heavy atom. The van der Waals surface area contributed by atoms with E-state index in [4.69, 9.17) is 15.9 Å². The van der Waals surface area contributed by atoms with Gasteiger partial charge in [-0.05, 0) is 5.56 Å². The fraction of sp³-hybridized carbons (Fsp3) is 0.462. The molecule has 2 rings (SSSR count). The summed E-state index contributed by atoms with van der Waals surface area (Å²) in [6.45, 7) is -0.0977. The van der Waals surface area contributed by atoms with Crippen LogP contribution in [0.5, 0.6) is 0 Å². The van der Waals surface area contributed by atoms with Crippen molar-refractivity contribution in [3.63, 3.8) is 0 Å². The summed E-state index contributed by atoms with van der Waals surface area (Å²) < 4.78 is 5.37. The maximum Gasteiger partial charge on any atom is 0.111 e. The average Bonchev–Trinajstić information content (AvgIpc) is 2.40. The van der Waals surface area contributed by atoms with Crippen LogP contribution in [0.2, 0.25) is 0 Å². The first-order chi connectivity index (χ1) is 9.02. The number of hydrogen-bond acceptors (Lipinski definition) is 5. The molecule has 104 valence electrons. The summed E-state index contributed by atoms with van der Waals surface area (Å²) in [5.74, 6) is -0.808. The molecule has 1 aromatic carbocycles. The summed E-state index contributed by atoms with van der Waals surface area (Å²) in [5, 5.41) is 36.8. The maximum atomic E-state index is 10.0. The van der Waals surface area contributed by atoms with Crippen LogP contribution in [-0.2, 0) is 4.74 Å². The third-order valence-electron chi connectivity index (χ3n) is 3.36. The molecule has 6 heteroatoms. The van der Waals surface area contributed by atoms with Crippen molar-refractivity contribution in [3.05, 3.63) is 35.9 Å². The molecule has 1 fully saturated rings. The largest absolute Gasteiger partial charge is 0.388 e. The van der Waals surface area contributed by atoms with Gasteiger partial charge in [0, 0.05) is 0 Å². The van der Waals surface area contributed by atoms with Crippen LogP contribution in [0.25, 0.3) is 0 Å². The number of benzene rings is 1. The number of rotatable bonds is 3. The lowest BCUT2D eigenvalue weighted by Gasteiger charge is -2.39. The first kappa shape index (κ1) is 14.0. The van der Waals surface area contributed by atoms with E-state index >= 15 is 0 Å². The molecule has 0 aliphatic carbocycles. The van der Waals surface area contributed by atoms with E-state index in [-0.39, 0.29) is 12.4 Å². The highest BCUT2D eigenvalue weighted by atomic mass is 16.5. The van der Waals surface area contributed by atoms with Crippen LogP contribution >= 0.6 is 0 Å². The molecule has 5 atom stereocenters. The highest BCUT2D eigenvalue weighted by molar-refractivity contribution is 5.85. The molecule has 6 N–H and O–H groups in total. The fourth-order valence-corrected chi connectivity index (χ4v) is 2.33. The smallest absolute Gasteiger partial charge is 0.111 e. The van der Waals surface area contributed by atoms with Crippen LogP contribution in [-0.4, -0.2) is 52.2 Å². The van der Waals surface area contributed by atoms with Crippen LogP contribution in [0, 0.1) is 5.41 Å². The third kappa shape index (κ3) is 2.76. The quantitative estimate of drug-likeness (QED) is 0.362. The van der Waals surface area contributed by atoms with Gasteiger partial charge in [0.05, 0.1) is 18.6 Å². The van der Waals surface area contributed by atoms with Gasteiger partial charge in [0.15, 0.2) is 0 Å². The van der Waals surface area contributed by atoms with Gasteiger partial charge in [-0.25, -0.2) is 0 Å². The predicted molar refractivity (Wildman–Crippen MR) is 68.9 cm³/mol. The highest BCUT2D eigenvalue weighted by Crippen LogP contribution is 2.29. The lowest BCUT2D eigenvalue weighted by molar-refractivity contribution is -0.188. The Bertz CT molecular complexity index is 440. The molecule has 1 heterocycles. The Kier molecular flexibility index (Phi) is 4.16. The second-order valence-corrected chi connectivity index (χ2v) is 4.69. The van der Waals surface area contributed by atoms with E-state index in [1.54, 1.807) is 24.3 Å². The predicted octanol–water partition coefficient (Wildman–Crippen LogP) is -0.812. The zero-order valence-corrected chi connectivity index (χ0v) is 10.3. The van der Waals surface area contributed by atoms with Crippen molar-refractivity contribution in [2.24, 2.45) is 5.73 Å². The van der Waals surface area contributed by atoms with Gasteiger partial charge in [-0.15, -0.1) is 0 Å². The molecule has 1 aromatic rings. The molecule has 0 radical (unpaired) electrons. The van der Waals surface area contributed by atoms with Crippen molar-refractivity contribution in [2.45, 2.75) is 30.3 Å². The standard InChI is InChI=1S/C13H18N2O4/c14-13(15)9(7-4-2-1-3-5-7)12-11(18)10(17)8(16)6-19-12/h1-5,8-12,16-18H,6H2,(H3,14,15)/t8-,9?,10+,11-,12+/m1/s1. The topological polar surface area (TPSA) is 120 Å². The van der Waals surface area contributed by atoms with E-state index < -0.39 is 30.3 Å². The number of hydrogen-bond donors (Lipinski definition) is 5. The van der Waals surface area contributed by atoms with Crippen LogP contribution in [0.15, 0.2) is 30.3 Å². The van der Waals surface area contributed by atoms with Crippen LogP contribution < -0.4 is 5.73 Å². The molecule has 0 saturated carbocycles. The van der Waals surface area contributed by atoms with E-state index in [0.717, 1.165) is 5.56 Å². The summed E-state index contributed by atoms with van der Waals surface area (Å²) in [7, 11) is 0. The lowest BCUT2D eigenvalue weighted by atomic mass is 9.85. The molecular weight excluding hydrogens is 248 g/mol. The maximum absolute atomic E-state index is 10.0. The number of aliphatic hydroxyl groups excluding tert-OH is 3. The van der Waals surface area contributed by atoms with Crippen LogP contribution in [0.1, 0.15) is 11.5 Å². The highest BCUT2D eigenvalue weighted by Gasteiger charge is 2.42. The van der Waals surface area contributed by atoms with E-state index in [9.17, 15) is 15.3 Å². The Balaban J connectivity index is 2.28. The number of nitrogens with one attached hydrogen (secondary N) is 1. The number of ether oxygens (including phenoxy) is 1. The van der Waals surface area contributed by atoms with Gasteiger partial charge in [-0.1, -0.05) is 30.3 Å². The molecule has 0 amide bonds. The molecular formula is C13H18N2O4. The summed E-state index contributed by atoms with van der Waals surface area (Å²) in [6.07, 6.45) is -4.57. The average molecular weight is 266 g/mol. The summed E-state index contributed by atoms with van der Waals surface area (Å²) in [6, 6.07) is 8.98. The van der Waals surface area contributed by atoms with E-state index in [0.29, 0.717) is 0 Å². The first-order valence-electron chi connectivity index (χ1n) is 6.07. The van der Waals surface area contributed by atoms with Gasteiger partial charge in [0.25, 0.3) is 0 Å². The van der Waals surface area contributed by atoms with Crippen LogP contribution in [0.3, 0.4) is 0 Å². The van der Waals surface area contributed by atoms with Gasteiger partial charge in [0.2, 0.25) is 0 Å². The van der Waals surface area contributed by atoms with Crippen molar-refractivity contribution in [1.29, 1.82) is 5.41 Å². The van der Waals surface area contributed by atoms with Crippen molar-refractivity contribution < 1.29 is 20.1 Å². The first-order valence-corrected chi connectivity index (χ1v) is 6.07. The van der Waals surface area contributed by atoms with Gasteiger partial charge in [-0.2, -0.15) is 0 Å². The molecule has 1 unspecified atom stereocenters. The monoisotopic (exact) mass is 266 g/mol. The lowest BCUT2D eigenvalue weighted by Crippen LogP contribution is -2.56. The van der Waals surface area contributed by atoms with Crippen molar-refractivity contribution in [2.75, 3.05) is 6.61 Å².